The van der Waals surface area contributed by atoms with Crippen molar-refractivity contribution in [2.24, 2.45) is 0 Å². The van der Waals surface area contributed by atoms with Crippen LogP contribution in [-0.2, 0) is 6.42 Å². The predicted molar refractivity (Wildman–Crippen MR) is 88.5 cm³/mol. The molecule has 3 aromatic rings. The fourth-order valence-corrected chi connectivity index (χ4v) is 2.59. The Hall–Kier alpha value is -2.52. The van der Waals surface area contributed by atoms with Gasteiger partial charge in [0.15, 0.2) is 5.43 Å². The van der Waals surface area contributed by atoms with E-state index in [9.17, 15) is 9.90 Å². The number of aromatic hydroxyl groups is 1. The Morgan fingerprint density at radius 2 is 2.00 bits per heavy atom. The van der Waals surface area contributed by atoms with Crippen LogP contribution in [0.15, 0.2) is 64.3 Å². The van der Waals surface area contributed by atoms with Gasteiger partial charge in [-0.25, -0.2) is 0 Å². The third kappa shape index (κ3) is 2.40. The van der Waals surface area contributed by atoms with E-state index in [-0.39, 0.29) is 11.2 Å². The van der Waals surface area contributed by atoms with E-state index in [2.05, 4.69) is 6.58 Å². The van der Waals surface area contributed by atoms with Crippen LogP contribution in [0.25, 0.3) is 22.3 Å². The van der Waals surface area contributed by atoms with Gasteiger partial charge in [0.1, 0.15) is 17.1 Å². The molecule has 0 unspecified atom stereocenters. The van der Waals surface area contributed by atoms with Crippen molar-refractivity contribution in [1.29, 1.82) is 0 Å². The predicted octanol–water partition coefficient (Wildman–Crippen LogP) is 4.55. The Bertz CT molecular complexity index is 925. The molecule has 0 atom stereocenters. The van der Waals surface area contributed by atoms with Crippen LogP contribution in [-0.4, -0.2) is 5.11 Å². The van der Waals surface area contributed by atoms with Crippen molar-refractivity contribution in [1.82, 2.24) is 0 Å². The lowest BCUT2D eigenvalue weighted by Gasteiger charge is -2.10. The fourth-order valence-electron chi connectivity index (χ4n) is 2.42. The van der Waals surface area contributed by atoms with Crippen LogP contribution in [0.2, 0.25) is 5.02 Å². The van der Waals surface area contributed by atoms with Crippen LogP contribution < -0.4 is 5.43 Å². The highest BCUT2D eigenvalue weighted by atomic mass is 35.5. The van der Waals surface area contributed by atoms with Crippen LogP contribution in [0.1, 0.15) is 5.56 Å². The SMILES string of the molecule is C=CCc1c(-c2ccccc2O)oc2ccc(Cl)cc2c1=O. The van der Waals surface area contributed by atoms with Crippen molar-refractivity contribution in [3.63, 3.8) is 0 Å². The summed E-state index contributed by atoms with van der Waals surface area (Å²) in [4.78, 5) is 12.7. The molecule has 0 saturated heterocycles. The maximum absolute atomic E-state index is 12.7. The van der Waals surface area contributed by atoms with E-state index in [1.165, 1.54) is 0 Å². The molecule has 1 N–H and O–H groups in total. The third-order valence-electron chi connectivity index (χ3n) is 3.44. The maximum atomic E-state index is 12.7. The summed E-state index contributed by atoms with van der Waals surface area (Å²) >= 11 is 5.96. The summed E-state index contributed by atoms with van der Waals surface area (Å²) in [6.45, 7) is 3.68. The molecule has 4 heteroatoms. The lowest BCUT2D eigenvalue weighted by atomic mass is 10.0. The van der Waals surface area contributed by atoms with E-state index >= 15 is 0 Å². The first kappa shape index (κ1) is 14.4. The number of phenols is 1. The highest BCUT2D eigenvalue weighted by molar-refractivity contribution is 6.31. The average Bonchev–Trinajstić information content (AvgIpc) is 2.51. The zero-order chi connectivity index (χ0) is 15.7. The molecule has 22 heavy (non-hydrogen) atoms. The standard InChI is InChI=1S/C18H13ClO3/c1-2-5-13-17(21)14-10-11(19)8-9-16(14)22-18(13)12-6-3-4-7-15(12)20/h2-4,6-10,20H,1,5H2. The summed E-state index contributed by atoms with van der Waals surface area (Å²) in [5, 5.41) is 10.9. The van der Waals surface area contributed by atoms with Crippen LogP contribution in [0, 0.1) is 0 Å². The maximum Gasteiger partial charge on any atom is 0.196 e. The Morgan fingerprint density at radius 3 is 2.73 bits per heavy atom. The summed E-state index contributed by atoms with van der Waals surface area (Å²) in [6, 6.07) is 11.7. The average molecular weight is 313 g/mol. The van der Waals surface area contributed by atoms with E-state index in [0.717, 1.165) is 0 Å². The van der Waals surface area contributed by atoms with Gasteiger partial charge in [-0.15, -0.1) is 6.58 Å². The molecule has 0 aliphatic rings. The fraction of sp³-hybridized carbons (Fsp3) is 0.0556. The first-order chi connectivity index (χ1) is 10.6. The second kappa shape index (κ2) is 5.70. The molecule has 0 saturated carbocycles. The van der Waals surface area contributed by atoms with Crippen molar-refractivity contribution < 1.29 is 9.52 Å². The van der Waals surface area contributed by atoms with Crippen molar-refractivity contribution in [3.05, 3.63) is 75.9 Å². The molecule has 3 nitrogen and oxygen atoms in total. The van der Waals surface area contributed by atoms with Crippen molar-refractivity contribution in [2.75, 3.05) is 0 Å². The van der Waals surface area contributed by atoms with E-state index in [0.29, 0.717) is 39.3 Å². The van der Waals surface area contributed by atoms with Gasteiger partial charge in [-0.3, -0.25) is 4.79 Å². The Balaban J connectivity index is 2.41. The molecule has 0 aliphatic carbocycles. The highest BCUT2D eigenvalue weighted by Crippen LogP contribution is 2.33. The molecule has 0 fully saturated rings. The largest absolute Gasteiger partial charge is 0.507 e. The van der Waals surface area contributed by atoms with Gasteiger partial charge in [0.2, 0.25) is 0 Å². The van der Waals surface area contributed by atoms with E-state index in [1.807, 2.05) is 0 Å². The minimum Gasteiger partial charge on any atom is -0.507 e. The molecule has 0 aliphatic heterocycles. The monoisotopic (exact) mass is 312 g/mol. The van der Waals surface area contributed by atoms with Gasteiger partial charge in [-0.1, -0.05) is 29.8 Å². The molecule has 0 spiro atoms. The quantitative estimate of drug-likeness (QED) is 0.722. The van der Waals surface area contributed by atoms with Crippen molar-refractivity contribution >= 4 is 22.6 Å². The Morgan fingerprint density at radius 1 is 1.23 bits per heavy atom. The topological polar surface area (TPSA) is 50.4 Å². The molecule has 0 radical (unpaired) electrons. The summed E-state index contributed by atoms with van der Waals surface area (Å²) < 4.78 is 5.88. The third-order valence-corrected chi connectivity index (χ3v) is 3.68. The number of benzene rings is 2. The van der Waals surface area contributed by atoms with Gasteiger partial charge in [0.25, 0.3) is 0 Å². The van der Waals surface area contributed by atoms with Crippen molar-refractivity contribution in [2.45, 2.75) is 6.42 Å². The summed E-state index contributed by atoms with van der Waals surface area (Å²) in [7, 11) is 0. The van der Waals surface area contributed by atoms with Crippen LogP contribution >= 0.6 is 11.6 Å². The zero-order valence-corrected chi connectivity index (χ0v) is 12.4. The van der Waals surface area contributed by atoms with Crippen molar-refractivity contribution in [3.8, 4) is 17.1 Å². The van der Waals surface area contributed by atoms with E-state index < -0.39 is 0 Å². The van der Waals surface area contributed by atoms with E-state index in [1.54, 1.807) is 48.5 Å². The molecule has 0 amide bonds. The summed E-state index contributed by atoms with van der Waals surface area (Å²) in [5.74, 6) is 0.419. The van der Waals surface area contributed by atoms with Crippen LogP contribution in [0.3, 0.4) is 0 Å². The number of rotatable bonds is 3. The Labute approximate surface area is 132 Å². The van der Waals surface area contributed by atoms with Gasteiger partial charge in [-0.05, 0) is 36.8 Å². The molecule has 3 rings (SSSR count). The van der Waals surface area contributed by atoms with Gasteiger partial charge in [-0.2, -0.15) is 0 Å². The van der Waals surface area contributed by atoms with Gasteiger partial charge in [0.05, 0.1) is 10.9 Å². The Kier molecular flexibility index (Phi) is 3.73. The highest BCUT2D eigenvalue weighted by Gasteiger charge is 2.17. The molecular weight excluding hydrogens is 300 g/mol. The second-order valence-electron chi connectivity index (χ2n) is 4.89. The smallest absolute Gasteiger partial charge is 0.196 e. The molecule has 0 bridgehead atoms. The number of hydrogen-bond donors (Lipinski definition) is 1. The molecular formula is C18H13ClO3. The summed E-state index contributed by atoms with van der Waals surface area (Å²) in [5.41, 5.74) is 1.20. The first-order valence-electron chi connectivity index (χ1n) is 6.76. The van der Waals surface area contributed by atoms with Gasteiger partial charge in [0, 0.05) is 10.6 Å². The number of halogens is 1. The van der Waals surface area contributed by atoms with Gasteiger partial charge >= 0.3 is 0 Å². The number of para-hydroxylation sites is 1. The molecule has 1 heterocycles. The number of phenolic OH excluding ortho intramolecular Hbond substituents is 1. The van der Waals surface area contributed by atoms with E-state index in [4.69, 9.17) is 16.0 Å². The minimum atomic E-state index is -0.165. The number of allylic oxidation sites excluding steroid dienone is 1. The second-order valence-corrected chi connectivity index (χ2v) is 5.33. The normalized spacial score (nSPS) is 10.8. The number of hydrogen-bond acceptors (Lipinski definition) is 3. The zero-order valence-electron chi connectivity index (χ0n) is 11.7. The molecule has 2 aromatic carbocycles. The molecule has 110 valence electrons. The minimum absolute atomic E-state index is 0.0595. The lowest BCUT2D eigenvalue weighted by Crippen LogP contribution is -2.10. The van der Waals surface area contributed by atoms with Crippen LogP contribution in [0.5, 0.6) is 5.75 Å². The first-order valence-corrected chi connectivity index (χ1v) is 7.14. The van der Waals surface area contributed by atoms with Crippen LogP contribution in [0.4, 0.5) is 0 Å². The van der Waals surface area contributed by atoms with Gasteiger partial charge < -0.3 is 9.52 Å². The molecule has 1 aromatic heterocycles. The lowest BCUT2D eigenvalue weighted by molar-refractivity contribution is 0.474. The number of fused-ring (bicyclic) bond motifs is 1. The summed E-state index contributed by atoms with van der Waals surface area (Å²) in [6.07, 6.45) is 1.97.